The highest BCUT2D eigenvalue weighted by atomic mass is 32.1. The lowest BCUT2D eigenvalue weighted by Gasteiger charge is -2.24. The van der Waals surface area contributed by atoms with Crippen molar-refractivity contribution in [3.8, 4) is 40.1 Å². The fourth-order valence-electron chi connectivity index (χ4n) is 16.0. The first-order chi connectivity index (χ1) is 53.6. The molecule has 0 aliphatic rings. The fourth-order valence-corrected chi connectivity index (χ4v) is 17.9. The van der Waals surface area contributed by atoms with E-state index in [1.807, 2.05) is 36.4 Å². The van der Waals surface area contributed by atoms with Crippen molar-refractivity contribution in [1.29, 1.82) is 5.26 Å². The second-order valence-electron chi connectivity index (χ2n) is 29.6. The zero-order valence-electron chi connectivity index (χ0n) is 64.3. The number of nitriles is 1. The van der Waals surface area contributed by atoms with E-state index in [-0.39, 0.29) is 0 Å². The number of rotatable bonds is 46. The maximum absolute atomic E-state index is 12.7. The molecule has 0 fully saturated rings. The maximum Gasteiger partial charge on any atom is 0.328 e. The van der Waals surface area contributed by atoms with Crippen molar-refractivity contribution in [2.24, 2.45) is 0 Å². The SMILES string of the molecule is [C-]#[N+]/C(c1nc2ccccc2s1)=c1\c2c(-c3cccc(OCCCCCCCCCCCCCCCCCC)c3)n(B(c3ccccc3)c3ccccc3)/c(=C(/C#N)c3nc4ccccc4s3)c2c(-c2cccc(OCCCCCCCCCCCCCCCCCC)c2)n1B(c1ccccc1)c1ccccc1. The van der Waals surface area contributed by atoms with Crippen LogP contribution >= 0.6 is 22.7 Å². The summed E-state index contributed by atoms with van der Waals surface area (Å²) in [6.07, 6.45) is 41.7. The zero-order valence-corrected chi connectivity index (χ0v) is 65.9. The Labute approximate surface area is 653 Å². The maximum atomic E-state index is 12.7. The molecule has 108 heavy (non-hydrogen) atoms. The lowest BCUT2D eigenvalue weighted by atomic mass is 9.50. The van der Waals surface area contributed by atoms with E-state index in [2.05, 4.69) is 211 Å². The van der Waals surface area contributed by atoms with Crippen LogP contribution in [0.15, 0.2) is 218 Å². The number of para-hydroxylation sites is 2. The summed E-state index contributed by atoms with van der Waals surface area (Å²) in [5, 5.41) is 16.8. The molecule has 0 radical (unpaired) electrons. The van der Waals surface area contributed by atoms with Gasteiger partial charge in [0.1, 0.15) is 33.2 Å². The van der Waals surface area contributed by atoms with Crippen molar-refractivity contribution in [2.75, 3.05) is 13.2 Å². The molecule has 554 valence electrons. The van der Waals surface area contributed by atoms with Crippen molar-refractivity contribution in [1.82, 2.24) is 18.9 Å². The van der Waals surface area contributed by atoms with E-state index in [1.54, 1.807) is 0 Å². The standard InChI is InChI=1S/C96H110B2N6O2S2/c1-4-6-8-10-12-14-16-18-20-22-24-26-28-30-32-50-70-105-81-64-52-54-75(72-81)91-88-89(94(90(100-3)96-102-85-67-47-49-69-87(85)108-96)104(91)98(79-60-42-36-43-61-79)80-62-44-37-45-63-80)92(76-55-53-65-82(73-76)106-71-51-33-31-29-27-25-23-21-19-17-15-13-11-9-7-5-2)103(97(77-56-38-34-39-57-77)78-58-40-35-41-59-78)93(88)83(74-99)95-101-84-66-46-48-68-86(84)107-95/h34-49,52-69,72-73H,4-33,50-51,70-71H2,1-2H3/b93-83-,94-90+. The molecule has 0 amide bonds. The van der Waals surface area contributed by atoms with E-state index in [4.69, 9.17) is 24.3 Å². The normalized spacial score (nSPS) is 12.0. The molecule has 12 aromatic rings. The van der Waals surface area contributed by atoms with Gasteiger partial charge >= 0.3 is 13.7 Å². The summed E-state index contributed by atoms with van der Waals surface area (Å²) in [7, 11) is 0. The van der Waals surface area contributed by atoms with Crippen LogP contribution in [0.3, 0.4) is 0 Å². The second kappa shape index (κ2) is 42.5. The van der Waals surface area contributed by atoms with E-state index >= 15 is 0 Å². The summed E-state index contributed by atoms with van der Waals surface area (Å²) in [5.41, 5.74) is 9.95. The molecule has 0 saturated carbocycles. The number of unbranched alkanes of at least 4 members (excludes halogenated alkanes) is 30. The van der Waals surface area contributed by atoms with Crippen LogP contribution in [0.25, 0.3) is 69.8 Å². The van der Waals surface area contributed by atoms with Gasteiger partial charge in [-0.1, -0.05) is 398 Å². The quantitative estimate of drug-likeness (QED) is 0.0216. The molecule has 0 aliphatic heterocycles. The first-order valence-electron chi connectivity index (χ1n) is 41.3. The topological polar surface area (TPSA) is 82.2 Å². The van der Waals surface area contributed by atoms with Gasteiger partial charge < -0.3 is 18.4 Å². The van der Waals surface area contributed by atoms with E-state index in [9.17, 15) is 11.8 Å². The van der Waals surface area contributed by atoms with Gasteiger partial charge in [-0.25, -0.2) is 14.8 Å². The van der Waals surface area contributed by atoms with Crippen molar-refractivity contribution in [2.45, 2.75) is 219 Å². The van der Waals surface area contributed by atoms with Gasteiger partial charge in [0.25, 0.3) is 0 Å². The Morgan fingerprint density at radius 2 is 0.694 bits per heavy atom. The Morgan fingerprint density at radius 1 is 0.380 bits per heavy atom. The summed E-state index contributed by atoms with van der Waals surface area (Å²) in [6.45, 7) is 14.6. The Balaban J connectivity index is 1.02. The summed E-state index contributed by atoms with van der Waals surface area (Å²) in [4.78, 5) is 15.7. The number of thiazole rings is 2. The van der Waals surface area contributed by atoms with Crippen molar-refractivity contribution in [3.05, 3.63) is 251 Å². The third-order valence-corrected chi connectivity index (χ3v) is 23.7. The minimum absolute atomic E-state index is 0.399. The monoisotopic (exact) mass is 1460 g/mol. The molecule has 0 spiro atoms. The molecule has 0 aliphatic carbocycles. The van der Waals surface area contributed by atoms with Crippen molar-refractivity contribution < 1.29 is 9.47 Å². The summed E-state index contributed by atoms with van der Waals surface area (Å²) >= 11 is 3.07. The van der Waals surface area contributed by atoms with Gasteiger partial charge in [0.2, 0.25) is 5.70 Å². The highest BCUT2D eigenvalue weighted by Gasteiger charge is 2.38. The predicted octanol–water partition coefficient (Wildman–Crippen LogP) is 23.4. The van der Waals surface area contributed by atoms with Gasteiger partial charge in [-0.05, 0) is 61.4 Å². The van der Waals surface area contributed by atoms with Gasteiger partial charge in [-0.15, -0.1) is 22.7 Å². The van der Waals surface area contributed by atoms with Crippen LogP contribution in [0.4, 0.5) is 0 Å². The smallest absolute Gasteiger partial charge is 0.328 e. The molecule has 4 aromatic heterocycles. The minimum Gasteiger partial charge on any atom is -0.494 e. The Morgan fingerprint density at radius 3 is 1.05 bits per heavy atom. The Bertz CT molecular complexity index is 4480. The minimum atomic E-state index is -0.529. The fraction of sp³-hybridized carbons (Fsp3) is 0.375. The number of hydrogen-bond acceptors (Lipinski definition) is 7. The van der Waals surface area contributed by atoms with Gasteiger partial charge in [0, 0.05) is 38.6 Å². The largest absolute Gasteiger partial charge is 0.494 e. The predicted molar refractivity (Wildman–Crippen MR) is 463 cm³/mol. The molecule has 0 N–H and O–H groups in total. The molecule has 12 heteroatoms. The first kappa shape index (κ1) is 78.4. The van der Waals surface area contributed by atoms with Crippen molar-refractivity contribution in [3.63, 3.8) is 0 Å². The summed E-state index contributed by atoms with van der Waals surface area (Å²) in [5.74, 6) is 1.51. The molecule has 4 heterocycles. The number of fused-ring (bicyclic) bond motifs is 3. The van der Waals surface area contributed by atoms with Crippen LogP contribution in [-0.2, 0) is 0 Å². The lowest BCUT2D eigenvalue weighted by Crippen LogP contribution is -2.54. The Kier molecular flexibility index (Phi) is 30.9. The average Bonchev–Trinajstić information content (AvgIpc) is 1.52. The molecular weight excluding hydrogens is 1350 g/mol. The van der Waals surface area contributed by atoms with Crippen LogP contribution in [-0.4, -0.2) is 45.8 Å². The van der Waals surface area contributed by atoms with Gasteiger partial charge in [0.05, 0.1) is 45.6 Å². The van der Waals surface area contributed by atoms with E-state index in [0.29, 0.717) is 45.2 Å². The third-order valence-electron chi connectivity index (χ3n) is 21.6. The number of ether oxygens (including phenoxy) is 2. The van der Waals surface area contributed by atoms with E-state index < -0.39 is 13.7 Å². The third kappa shape index (κ3) is 20.8. The van der Waals surface area contributed by atoms with E-state index in [0.717, 1.165) is 113 Å². The van der Waals surface area contributed by atoms with Crippen LogP contribution in [0.2, 0.25) is 0 Å². The van der Waals surface area contributed by atoms with Gasteiger partial charge in [-0.2, -0.15) is 5.26 Å². The molecule has 8 aromatic carbocycles. The van der Waals surface area contributed by atoms with Crippen LogP contribution in [0, 0.1) is 17.9 Å². The second-order valence-corrected chi connectivity index (χ2v) is 31.7. The highest BCUT2D eigenvalue weighted by molar-refractivity contribution is 7.20. The lowest BCUT2D eigenvalue weighted by molar-refractivity contribution is 0.304. The molecule has 0 atom stereocenters. The first-order valence-corrected chi connectivity index (χ1v) is 42.9. The molecular formula is C96H110B2N6O2S2. The molecule has 0 saturated heterocycles. The Hall–Kier alpha value is -9.19. The highest BCUT2D eigenvalue weighted by Crippen LogP contribution is 2.40. The molecule has 0 unspecified atom stereocenters. The van der Waals surface area contributed by atoms with Gasteiger partial charge in [0.15, 0.2) is 0 Å². The number of nitrogens with zero attached hydrogens (tertiary/aromatic N) is 6. The molecule has 0 bridgehead atoms. The van der Waals surface area contributed by atoms with Gasteiger partial charge in [-0.3, -0.25) is 0 Å². The van der Waals surface area contributed by atoms with E-state index in [1.165, 1.54) is 202 Å². The van der Waals surface area contributed by atoms with Crippen LogP contribution < -0.4 is 42.0 Å². The number of hydrogen-bond donors (Lipinski definition) is 0. The zero-order chi connectivity index (χ0) is 74.2. The van der Waals surface area contributed by atoms with Crippen molar-refractivity contribution >= 4 is 101 Å². The number of benzene rings is 8. The average molecular weight is 1470 g/mol. The number of aromatic nitrogens is 4. The molecule has 8 nitrogen and oxygen atoms in total. The van der Waals surface area contributed by atoms with Crippen LogP contribution in [0.1, 0.15) is 229 Å². The van der Waals surface area contributed by atoms with Crippen LogP contribution in [0.5, 0.6) is 11.5 Å². The summed E-state index contributed by atoms with van der Waals surface area (Å²) in [6, 6.07) is 79.4. The summed E-state index contributed by atoms with van der Waals surface area (Å²) < 4.78 is 20.7. The molecule has 12 rings (SSSR count).